The first-order chi connectivity index (χ1) is 17.0. The topological polar surface area (TPSA) is 95.5 Å². The van der Waals surface area contributed by atoms with Crippen molar-refractivity contribution in [3.8, 4) is 5.75 Å². The van der Waals surface area contributed by atoms with Gasteiger partial charge in [0.05, 0.1) is 29.3 Å². The van der Waals surface area contributed by atoms with Crippen molar-refractivity contribution < 1.29 is 19.4 Å². The Labute approximate surface area is 202 Å². The molecule has 1 aliphatic rings. The molecule has 4 aromatic rings. The van der Waals surface area contributed by atoms with Crippen LogP contribution in [0.4, 0.5) is 5.95 Å². The normalized spacial score (nSPS) is 17.3. The fourth-order valence-corrected chi connectivity index (χ4v) is 4.34. The Morgan fingerprint density at radius 2 is 1.83 bits per heavy atom. The van der Waals surface area contributed by atoms with Crippen LogP contribution < -0.4 is 9.64 Å². The number of anilines is 1. The number of fused-ring (bicyclic) bond motifs is 1. The summed E-state index contributed by atoms with van der Waals surface area (Å²) in [5.74, 6) is -0.833. The van der Waals surface area contributed by atoms with E-state index in [1.807, 2.05) is 62.4 Å². The summed E-state index contributed by atoms with van der Waals surface area (Å²) >= 11 is 0. The van der Waals surface area contributed by atoms with E-state index in [0.717, 1.165) is 17.5 Å². The number of hydrogen-bond donors (Lipinski definition) is 2. The molecule has 0 spiro atoms. The van der Waals surface area contributed by atoms with Crippen molar-refractivity contribution in [1.29, 1.82) is 0 Å². The number of nitrogens with one attached hydrogen (secondary N) is 1. The van der Waals surface area contributed by atoms with Crippen molar-refractivity contribution in [2.24, 2.45) is 0 Å². The van der Waals surface area contributed by atoms with Crippen LogP contribution in [0.5, 0.6) is 5.75 Å². The number of para-hydroxylation sites is 2. The molecule has 1 amide bonds. The zero-order chi connectivity index (χ0) is 24.5. The summed E-state index contributed by atoms with van der Waals surface area (Å²) in [5.41, 5.74) is 3.53. The molecule has 2 N–H and O–H groups in total. The van der Waals surface area contributed by atoms with Crippen molar-refractivity contribution in [1.82, 2.24) is 9.97 Å². The molecule has 176 valence electrons. The van der Waals surface area contributed by atoms with Gasteiger partial charge in [0.2, 0.25) is 5.95 Å². The molecule has 0 aliphatic carbocycles. The number of carbonyl (C=O) groups excluding carboxylic acids is 2. The lowest BCUT2D eigenvalue weighted by molar-refractivity contribution is -0.132. The largest absolute Gasteiger partial charge is 0.507 e. The molecule has 2 heterocycles. The fourth-order valence-electron chi connectivity index (χ4n) is 4.34. The molecule has 7 nitrogen and oxygen atoms in total. The molecule has 1 saturated heterocycles. The number of imidazole rings is 1. The van der Waals surface area contributed by atoms with Crippen LogP contribution in [0.3, 0.4) is 0 Å². The molecule has 1 atom stereocenters. The highest BCUT2D eigenvalue weighted by molar-refractivity contribution is 6.51. The lowest BCUT2D eigenvalue weighted by atomic mass is 9.94. The molecule has 3 aromatic carbocycles. The number of aliphatic hydroxyl groups is 1. The Kier molecular flexibility index (Phi) is 5.82. The van der Waals surface area contributed by atoms with Gasteiger partial charge < -0.3 is 14.8 Å². The summed E-state index contributed by atoms with van der Waals surface area (Å²) in [6.07, 6.45) is 0.878. The lowest BCUT2D eigenvalue weighted by Crippen LogP contribution is -2.30. The number of carbonyl (C=O) groups is 2. The maximum absolute atomic E-state index is 13.3. The van der Waals surface area contributed by atoms with Crippen LogP contribution in [0.25, 0.3) is 16.8 Å². The molecular weight excluding hydrogens is 442 g/mol. The summed E-state index contributed by atoms with van der Waals surface area (Å²) in [6, 6.07) is 20.9. The third-order valence-corrected chi connectivity index (χ3v) is 6.01. The van der Waals surface area contributed by atoms with Gasteiger partial charge in [0.1, 0.15) is 11.5 Å². The number of aliphatic hydroxyl groups excluding tert-OH is 1. The van der Waals surface area contributed by atoms with E-state index in [9.17, 15) is 14.7 Å². The van der Waals surface area contributed by atoms with E-state index in [0.29, 0.717) is 29.0 Å². The first-order valence-electron chi connectivity index (χ1n) is 11.5. The second-order valence-corrected chi connectivity index (χ2v) is 8.53. The van der Waals surface area contributed by atoms with Gasteiger partial charge in [-0.15, -0.1) is 0 Å². The number of hydrogen-bond acceptors (Lipinski definition) is 5. The predicted molar refractivity (Wildman–Crippen MR) is 134 cm³/mol. The third kappa shape index (κ3) is 4.05. The minimum Gasteiger partial charge on any atom is -0.507 e. The summed E-state index contributed by atoms with van der Waals surface area (Å²) in [5, 5.41) is 11.3. The molecule has 0 radical (unpaired) electrons. The maximum Gasteiger partial charge on any atom is 0.302 e. The molecule has 35 heavy (non-hydrogen) atoms. The molecule has 1 fully saturated rings. The van der Waals surface area contributed by atoms with Crippen molar-refractivity contribution in [3.05, 3.63) is 95.1 Å². The van der Waals surface area contributed by atoms with Crippen LogP contribution in [0.15, 0.2) is 78.4 Å². The Bertz CT molecular complexity index is 1420. The summed E-state index contributed by atoms with van der Waals surface area (Å²) < 4.78 is 5.62. The highest BCUT2D eigenvalue weighted by Crippen LogP contribution is 2.42. The third-order valence-electron chi connectivity index (χ3n) is 6.01. The zero-order valence-electron chi connectivity index (χ0n) is 19.5. The van der Waals surface area contributed by atoms with Crippen molar-refractivity contribution >= 4 is 34.4 Å². The van der Waals surface area contributed by atoms with Gasteiger partial charge in [0.25, 0.3) is 5.78 Å². The summed E-state index contributed by atoms with van der Waals surface area (Å²) in [6.45, 7) is 4.54. The van der Waals surface area contributed by atoms with E-state index in [1.54, 1.807) is 24.3 Å². The quantitative estimate of drug-likeness (QED) is 0.228. The Balaban J connectivity index is 1.65. The van der Waals surface area contributed by atoms with Gasteiger partial charge in [0.15, 0.2) is 0 Å². The van der Waals surface area contributed by atoms with E-state index in [2.05, 4.69) is 9.97 Å². The second-order valence-electron chi connectivity index (χ2n) is 8.53. The van der Waals surface area contributed by atoms with Crippen molar-refractivity contribution in [3.63, 3.8) is 0 Å². The highest BCUT2D eigenvalue weighted by atomic mass is 16.5. The molecule has 0 saturated carbocycles. The van der Waals surface area contributed by atoms with Crippen LogP contribution >= 0.6 is 0 Å². The van der Waals surface area contributed by atoms with Gasteiger partial charge in [-0.3, -0.25) is 14.5 Å². The minimum atomic E-state index is -0.841. The SMILES string of the molecule is CCCOc1ccc(/C(O)=C2\C(=O)C(=O)N(c3nc4ccccc4[nH]3)C2c2cccc(C)c2)cc1. The molecular formula is C28H25N3O4. The van der Waals surface area contributed by atoms with Gasteiger partial charge in [0, 0.05) is 5.56 Å². The number of ketones is 1. The smallest absolute Gasteiger partial charge is 0.302 e. The monoisotopic (exact) mass is 467 g/mol. The standard InChI is InChI=1S/C28H25N3O4/c1-3-15-35-20-13-11-18(12-14-20)25(32)23-24(19-8-6-7-17(2)16-19)31(27(34)26(23)33)28-29-21-9-4-5-10-22(21)30-28/h4-14,16,24,32H,3,15H2,1-2H3,(H,29,30)/b25-23+. The average Bonchev–Trinajstić information content (AvgIpc) is 3.41. The number of rotatable bonds is 6. The zero-order valence-corrected chi connectivity index (χ0v) is 19.5. The molecule has 1 aromatic heterocycles. The molecule has 1 unspecified atom stereocenters. The fraction of sp³-hybridized carbons (Fsp3) is 0.179. The Morgan fingerprint density at radius 3 is 2.54 bits per heavy atom. The van der Waals surface area contributed by atoms with Gasteiger partial charge in [-0.25, -0.2) is 4.98 Å². The maximum atomic E-state index is 13.3. The number of benzene rings is 3. The number of aromatic amines is 1. The van der Waals surface area contributed by atoms with E-state index < -0.39 is 17.7 Å². The van der Waals surface area contributed by atoms with E-state index in [1.165, 1.54) is 4.90 Å². The van der Waals surface area contributed by atoms with E-state index in [-0.39, 0.29) is 17.3 Å². The number of amides is 1. The first kappa shape index (κ1) is 22.4. The van der Waals surface area contributed by atoms with Crippen LogP contribution in [0.1, 0.15) is 36.1 Å². The minimum absolute atomic E-state index is 0.0169. The number of aromatic nitrogens is 2. The van der Waals surface area contributed by atoms with E-state index in [4.69, 9.17) is 4.74 Å². The number of ether oxygens (including phenoxy) is 1. The molecule has 0 bridgehead atoms. The van der Waals surface area contributed by atoms with Crippen molar-refractivity contribution in [2.75, 3.05) is 11.5 Å². The average molecular weight is 468 g/mol. The number of Topliss-reactive ketones (excluding diaryl/α,β-unsaturated/α-hetero) is 1. The predicted octanol–water partition coefficient (Wildman–Crippen LogP) is 5.29. The van der Waals surface area contributed by atoms with Crippen LogP contribution in [0.2, 0.25) is 0 Å². The molecule has 7 heteroatoms. The van der Waals surface area contributed by atoms with Crippen LogP contribution in [-0.4, -0.2) is 33.4 Å². The van der Waals surface area contributed by atoms with Gasteiger partial charge >= 0.3 is 5.91 Å². The Morgan fingerprint density at radius 1 is 1.06 bits per heavy atom. The molecule has 5 rings (SSSR count). The summed E-state index contributed by atoms with van der Waals surface area (Å²) in [4.78, 5) is 35.7. The van der Waals surface area contributed by atoms with Gasteiger partial charge in [-0.05, 0) is 55.3 Å². The lowest BCUT2D eigenvalue weighted by Gasteiger charge is -2.23. The van der Waals surface area contributed by atoms with Crippen LogP contribution in [0, 0.1) is 6.92 Å². The molecule has 1 aliphatic heterocycles. The van der Waals surface area contributed by atoms with Crippen molar-refractivity contribution in [2.45, 2.75) is 26.3 Å². The first-order valence-corrected chi connectivity index (χ1v) is 11.5. The number of aryl methyl sites for hydroxylation is 1. The highest BCUT2D eigenvalue weighted by Gasteiger charge is 2.48. The number of H-pyrrole nitrogens is 1. The van der Waals surface area contributed by atoms with Gasteiger partial charge in [-0.1, -0.05) is 48.9 Å². The van der Waals surface area contributed by atoms with Crippen LogP contribution in [-0.2, 0) is 9.59 Å². The second kappa shape index (κ2) is 9.10. The Hall–Kier alpha value is -4.39. The van der Waals surface area contributed by atoms with Gasteiger partial charge in [-0.2, -0.15) is 0 Å². The van der Waals surface area contributed by atoms with E-state index >= 15 is 0 Å². The number of nitrogens with zero attached hydrogens (tertiary/aromatic N) is 2. The summed E-state index contributed by atoms with van der Waals surface area (Å²) in [7, 11) is 0.